The van der Waals surface area contributed by atoms with Crippen molar-refractivity contribution in [1.29, 1.82) is 0 Å². The number of carbonyl (C=O) groups excluding carboxylic acids is 1. The smallest absolute Gasteiger partial charge is 0.311 e. The second-order valence-electron chi connectivity index (χ2n) is 8.38. The number of rotatable bonds is 9. The summed E-state index contributed by atoms with van der Waals surface area (Å²) in [6.07, 6.45) is 1.88. The third-order valence-corrected chi connectivity index (χ3v) is 6.17. The molecule has 36 heavy (non-hydrogen) atoms. The Morgan fingerprint density at radius 1 is 1.03 bits per heavy atom. The largest absolute Gasteiger partial charge is 0.492 e. The second-order valence-corrected chi connectivity index (χ2v) is 9.71. The number of hydrogen-bond acceptors (Lipinski definition) is 6. The zero-order valence-corrected chi connectivity index (χ0v) is 22.1. The summed E-state index contributed by atoms with van der Waals surface area (Å²) in [4.78, 5) is 25.2. The maximum atomic E-state index is 13.0. The number of benzene rings is 3. The summed E-state index contributed by atoms with van der Waals surface area (Å²) in [7, 11) is 0. The van der Waals surface area contributed by atoms with E-state index in [1.165, 1.54) is 12.3 Å². The lowest BCUT2D eigenvalue weighted by atomic mass is 10.0. The molecular weight excluding hydrogens is 548 g/mol. The van der Waals surface area contributed by atoms with Crippen LogP contribution >= 0.6 is 27.5 Å². The number of para-hydroxylation sites is 1. The molecule has 0 aliphatic rings. The SMILES string of the molecule is CC(C)c1ccccc1Oc1coc2cc(OC(=O)CCCOc3ccc(Br)cc3Cl)ccc2c1=O. The average molecular weight is 572 g/mol. The van der Waals surface area contributed by atoms with Crippen molar-refractivity contribution in [2.45, 2.75) is 32.6 Å². The van der Waals surface area contributed by atoms with Gasteiger partial charge in [0.15, 0.2) is 0 Å². The van der Waals surface area contributed by atoms with Gasteiger partial charge in [-0.2, -0.15) is 0 Å². The van der Waals surface area contributed by atoms with Crippen LogP contribution in [-0.2, 0) is 4.79 Å². The lowest BCUT2D eigenvalue weighted by molar-refractivity contribution is -0.134. The highest BCUT2D eigenvalue weighted by atomic mass is 79.9. The third-order valence-electron chi connectivity index (χ3n) is 5.38. The van der Waals surface area contributed by atoms with E-state index in [1.807, 2.05) is 30.3 Å². The highest BCUT2D eigenvalue weighted by Gasteiger charge is 2.14. The van der Waals surface area contributed by atoms with E-state index >= 15 is 0 Å². The topological polar surface area (TPSA) is 75.0 Å². The Kier molecular flexibility index (Phi) is 8.33. The molecule has 1 aromatic heterocycles. The minimum atomic E-state index is -0.424. The van der Waals surface area contributed by atoms with Crippen LogP contribution in [-0.4, -0.2) is 12.6 Å². The number of esters is 1. The van der Waals surface area contributed by atoms with E-state index in [4.69, 9.17) is 30.2 Å². The van der Waals surface area contributed by atoms with Crippen molar-refractivity contribution < 1.29 is 23.4 Å². The maximum Gasteiger partial charge on any atom is 0.311 e. The Morgan fingerprint density at radius 2 is 1.83 bits per heavy atom. The van der Waals surface area contributed by atoms with Crippen LogP contribution in [0.3, 0.4) is 0 Å². The average Bonchev–Trinajstić information content (AvgIpc) is 2.85. The van der Waals surface area contributed by atoms with Gasteiger partial charge < -0.3 is 18.6 Å². The molecule has 0 aliphatic carbocycles. The Hall–Kier alpha value is -3.29. The van der Waals surface area contributed by atoms with E-state index in [0.717, 1.165) is 10.0 Å². The van der Waals surface area contributed by atoms with E-state index in [2.05, 4.69) is 29.8 Å². The van der Waals surface area contributed by atoms with Crippen LogP contribution in [0.2, 0.25) is 5.02 Å². The summed E-state index contributed by atoms with van der Waals surface area (Å²) in [6.45, 7) is 4.42. The lowest BCUT2D eigenvalue weighted by Crippen LogP contribution is -2.10. The van der Waals surface area contributed by atoms with Crippen molar-refractivity contribution in [3.05, 3.63) is 92.2 Å². The zero-order chi connectivity index (χ0) is 25.7. The van der Waals surface area contributed by atoms with E-state index < -0.39 is 5.97 Å². The first-order valence-corrected chi connectivity index (χ1v) is 12.6. The minimum Gasteiger partial charge on any atom is -0.492 e. The quantitative estimate of drug-likeness (QED) is 0.116. The van der Waals surface area contributed by atoms with Gasteiger partial charge in [-0.25, -0.2) is 0 Å². The van der Waals surface area contributed by atoms with Crippen molar-refractivity contribution in [2.24, 2.45) is 0 Å². The van der Waals surface area contributed by atoms with Gasteiger partial charge >= 0.3 is 5.97 Å². The van der Waals surface area contributed by atoms with E-state index in [-0.39, 0.29) is 29.3 Å². The molecule has 0 bridgehead atoms. The maximum absolute atomic E-state index is 13.0. The monoisotopic (exact) mass is 570 g/mol. The van der Waals surface area contributed by atoms with Crippen molar-refractivity contribution in [1.82, 2.24) is 0 Å². The van der Waals surface area contributed by atoms with Crippen molar-refractivity contribution in [2.75, 3.05) is 6.61 Å². The molecule has 0 saturated carbocycles. The Morgan fingerprint density at radius 3 is 2.61 bits per heavy atom. The van der Waals surface area contributed by atoms with Gasteiger partial charge in [0.2, 0.25) is 11.2 Å². The summed E-state index contributed by atoms with van der Waals surface area (Å²) >= 11 is 9.46. The fraction of sp³-hybridized carbons (Fsp3) is 0.214. The highest BCUT2D eigenvalue weighted by molar-refractivity contribution is 9.10. The number of fused-ring (bicyclic) bond motifs is 1. The van der Waals surface area contributed by atoms with Crippen molar-refractivity contribution in [3.8, 4) is 23.0 Å². The van der Waals surface area contributed by atoms with E-state index in [0.29, 0.717) is 40.5 Å². The third kappa shape index (κ3) is 6.28. The van der Waals surface area contributed by atoms with Crippen molar-refractivity contribution >= 4 is 44.5 Å². The van der Waals surface area contributed by atoms with Gasteiger partial charge in [0.25, 0.3) is 0 Å². The summed E-state index contributed by atoms with van der Waals surface area (Å²) in [5.74, 6) is 1.34. The molecule has 3 aromatic carbocycles. The first-order chi connectivity index (χ1) is 17.3. The number of carbonyl (C=O) groups is 1. The molecule has 0 spiro atoms. The van der Waals surface area contributed by atoms with E-state index in [1.54, 1.807) is 24.3 Å². The van der Waals surface area contributed by atoms with Gasteiger partial charge in [0.1, 0.15) is 29.1 Å². The van der Waals surface area contributed by atoms with E-state index in [9.17, 15) is 9.59 Å². The van der Waals surface area contributed by atoms with Gasteiger partial charge in [0.05, 0.1) is 17.0 Å². The first-order valence-electron chi connectivity index (χ1n) is 11.4. The van der Waals surface area contributed by atoms with Crippen LogP contribution in [0.5, 0.6) is 23.0 Å². The Labute approximate surface area is 221 Å². The molecule has 0 N–H and O–H groups in total. The summed E-state index contributed by atoms with van der Waals surface area (Å²) in [6, 6.07) is 17.5. The van der Waals surface area contributed by atoms with Gasteiger partial charge in [-0.3, -0.25) is 9.59 Å². The van der Waals surface area contributed by atoms with Gasteiger partial charge in [-0.05, 0) is 54.3 Å². The van der Waals surface area contributed by atoms with Gasteiger partial charge in [0, 0.05) is 17.0 Å². The molecule has 0 atom stereocenters. The summed E-state index contributed by atoms with van der Waals surface area (Å²) < 4.78 is 23.4. The normalized spacial score (nSPS) is 11.0. The highest BCUT2D eigenvalue weighted by Crippen LogP contribution is 2.31. The molecule has 4 aromatic rings. The molecule has 186 valence electrons. The lowest BCUT2D eigenvalue weighted by Gasteiger charge is -2.13. The molecule has 0 amide bonds. The summed E-state index contributed by atoms with van der Waals surface area (Å²) in [5.41, 5.74) is 0.976. The Bertz CT molecular complexity index is 1450. The predicted molar refractivity (Wildman–Crippen MR) is 143 cm³/mol. The zero-order valence-electron chi connectivity index (χ0n) is 19.8. The Balaban J connectivity index is 1.37. The van der Waals surface area contributed by atoms with Crippen LogP contribution in [0.25, 0.3) is 11.0 Å². The molecule has 0 unspecified atom stereocenters. The molecule has 0 fully saturated rings. The number of halogens is 2. The van der Waals surface area contributed by atoms with Crippen LogP contribution < -0.4 is 19.6 Å². The molecule has 4 rings (SSSR count). The number of hydrogen-bond donors (Lipinski definition) is 0. The first kappa shape index (κ1) is 25.8. The molecule has 1 heterocycles. The molecular formula is C28H24BrClO6. The van der Waals surface area contributed by atoms with Crippen molar-refractivity contribution in [3.63, 3.8) is 0 Å². The standard InChI is InChI=1S/C28H24BrClO6/c1-17(2)20-6-3-4-7-23(20)36-26-16-34-25-15-19(10-11-21(25)28(26)32)35-27(31)8-5-13-33-24-12-9-18(29)14-22(24)30/h3-4,6-7,9-12,14-17H,5,8,13H2,1-2H3. The summed E-state index contributed by atoms with van der Waals surface area (Å²) in [5, 5.41) is 0.816. The van der Waals surface area contributed by atoms with Crippen LogP contribution in [0, 0.1) is 0 Å². The fourth-order valence-corrected chi connectivity index (χ4v) is 4.30. The van der Waals surface area contributed by atoms with Crippen LogP contribution in [0.1, 0.15) is 38.2 Å². The molecule has 0 aliphatic heterocycles. The number of ether oxygens (including phenoxy) is 3. The second kappa shape index (κ2) is 11.6. The van der Waals surface area contributed by atoms with Gasteiger partial charge in [-0.15, -0.1) is 0 Å². The van der Waals surface area contributed by atoms with Crippen LogP contribution in [0.4, 0.5) is 0 Å². The molecule has 8 heteroatoms. The fourth-order valence-electron chi connectivity index (χ4n) is 3.57. The predicted octanol–water partition coefficient (Wildman–Crippen LogP) is 7.89. The molecule has 0 saturated heterocycles. The molecule has 0 radical (unpaired) electrons. The van der Waals surface area contributed by atoms with Crippen LogP contribution in [0.15, 0.2) is 80.6 Å². The molecule has 6 nitrogen and oxygen atoms in total. The minimum absolute atomic E-state index is 0.0891. The van der Waals surface area contributed by atoms with Gasteiger partial charge in [-0.1, -0.05) is 59.6 Å².